The van der Waals surface area contributed by atoms with Gasteiger partial charge in [0, 0.05) is 47.9 Å². The van der Waals surface area contributed by atoms with Gasteiger partial charge in [0.25, 0.3) is 0 Å². The van der Waals surface area contributed by atoms with Crippen molar-refractivity contribution in [3.05, 3.63) is 65.5 Å². The Morgan fingerprint density at radius 1 is 1.17 bits per heavy atom. The highest BCUT2D eigenvalue weighted by atomic mass is 16.6. The summed E-state index contributed by atoms with van der Waals surface area (Å²) in [6.45, 7) is 8.82. The van der Waals surface area contributed by atoms with Gasteiger partial charge in [-0.25, -0.2) is 4.79 Å². The normalized spacial score (nSPS) is 11.1. The zero-order valence-corrected chi connectivity index (χ0v) is 21.3. The topological polar surface area (TPSA) is 133 Å². The number of phenols is 1. The van der Waals surface area contributed by atoms with Crippen molar-refractivity contribution in [1.82, 2.24) is 10.3 Å². The van der Waals surface area contributed by atoms with Crippen LogP contribution in [0.15, 0.2) is 48.7 Å². The van der Waals surface area contributed by atoms with Crippen LogP contribution in [0.25, 0.3) is 22.3 Å². The molecule has 1 amide bonds. The largest absolute Gasteiger partial charge is 0.508 e. The maximum absolute atomic E-state index is 12.3. The first-order chi connectivity index (χ1) is 17.2. The van der Waals surface area contributed by atoms with Gasteiger partial charge < -0.3 is 31.6 Å². The van der Waals surface area contributed by atoms with E-state index in [1.54, 1.807) is 12.1 Å². The van der Waals surface area contributed by atoms with E-state index in [4.69, 9.17) is 20.9 Å². The second-order valence-corrected chi connectivity index (χ2v) is 9.39. The Morgan fingerprint density at radius 3 is 2.47 bits per heavy atom. The van der Waals surface area contributed by atoms with Crippen molar-refractivity contribution in [3.8, 4) is 28.0 Å². The number of carbonyl (C=O) groups excluding carboxylic acids is 1. The van der Waals surface area contributed by atoms with Gasteiger partial charge in [-0.15, -0.1) is 0 Å². The van der Waals surface area contributed by atoms with Crippen LogP contribution >= 0.6 is 0 Å². The van der Waals surface area contributed by atoms with Crippen LogP contribution in [0.4, 0.5) is 10.5 Å². The molecule has 0 bridgehead atoms. The summed E-state index contributed by atoms with van der Waals surface area (Å²) in [4.78, 5) is 17.1. The summed E-state index contributed by atoms with van der Waals surface area (Å²) in [5.74, 6) is 0.172. The monoisotopic (exact) mass is 489 g/mol. The standard InChI is InChI=1S/C28H35N5O3/c1-5-22-23(19-8-11-24(31-13-12-29)20(14-19)15-30)16-32-25(17-33-27(35)36-28(2,3)4)26(22)18-6-9-21(34)10-7-18/h6-11,14-16,30-31,34H,5,12-13,17,29H2,1-4H3,(H,33,35). The molecule has 0 saturated heterocycles. The Hall–Kier alpha value is -3.91. The van der Waals surface area contributed by atoms with Gasteiger partial charge in [-0.05, 0) is 68.1 Å². The first-order valence-corrected chi connectivity index (χ1v) is 12.0. The van der Waals surface area contributed by atoms with Crippen LogP contribution in [-0.4, -0.2) is 41.1 Å². The third kappa shape index (κ3) is 6.60. The Balaban J connectivity index is 2.09. The molecule has 0 saturated carbocycles. The molecule has 0 radical (unpaired) electrons. The van der Waals surface area contributed by atoms with Gasteiger partial charge in [-0.2, -0.15) is 0 Å². The molecule has 3 rings (SSSR count). The molecule has 8 heteroatoms. The Morgan fingerprint density at radius 2 is 1.86 bits per heavy atom. The molecule has 0 fully saturated rings. The molecule has 8 nitrogen and oxygen atoms in total. The fourth-order valence-electron chi connectivity index (χ4n) is 4.00. The number of benzene rings is 2. The number of nitrogens with zero attached hydrogens (tertiary/aromatic N) is 1. The number of aromatic nitrogens is 1. The lowest BCUT2D eigenvalue weighted by Crippen LogP contribution is -2.32. The van der Waals surface area contributed by atoms with Gasteiger partial charge in [0.15, 0.2) is 0 Å². The summed E-state index contributed by atoms with van der Waals surface area (Å²) in [5.41, 5.74) is 12.0. The summed E-state index contributed by atoms with van der Waals surface area (Å²) < 4.78 is 5.39. The van der Waals surface area contributed by atoms with E-state index in [1.165, 1.54) is 6.21 Å². The van der Waals surface area contributed by atoms with Gasteiger partial charge in [-0.1, -0.05) is 25.1 Å². The number of hydrogen-bond donors (Lipinski definition) is 5. The highest BCUT2D eigenvalue weighted by molar-refractivity contribution is 5.90. The van der Waals surface area contributed by atoms with Crippen LogP contribution in [0.5, 0.6) is 5.75 Å². The summed E-state index contributed by atoms with van der Waals surface area (Å²) in [6.07, 6.45) is 3.33. The van der Waals surface area contributed by atoms with Crippen molar-refractivity contribution in [2.24, 2.45) is 5.73 Å². The number of rotatable bonds is 9. The maximum atomic E-state index is 12.3. The lowest BCUT2D eigenvalue weighted by Gasteiger charge is -2.21. The highest BCUT2D eigenvalue weighted by Crippen LogP contribution is 2.36. The van der Waals surface area contributed by atoms with E-state index in [2.05, 4.69) is 17.6 Å². The number of pyridine rings is 1. The molecule has 2 aromatic carbocycles. The molecule has 0 unspecified atom stereocenters. The van der Waals surface area contributed by atoms with E-state index in [9.17, 15) is 9.90 Å². The summed E-state index contributed by atoms with van der Waals surface area (Å²) in [6, 6.07) is 12.9. The van der Waals surface area contributed by atoms with Gasteiger partial charge in [0.05, 0.1) is 12.2 Å². The number of anilines is 1. The lowest BCUT2D eigenvalue weighted by molar-refractivity contribution is 0.0523. The molecule has 0 aliphatic carbocycles. The van der Waals surface area contributed by atoms with Gasteiger partial charge >= 0.3 is 6.09 Å². The summed E-state index contributed by atoms with van der Waals surface area (Å²) in [7, 11) is 0. The third-order valence-electron chi connectivity index (χ3n) is 5.55. The van der Waals surface area contributed by atoms with Crippen LogP contribution in [-0.2, 0) is 17.7 Å². The molecule has 1 aromatic heterocycles. The van der Waals surface area contributed by atoms with Crippen LogP contribution in [0.3, 0.4) is 0 Å². The molecule has 1 heterocycles. The molecule has 0 atom stereocenters. The zero-order chi connectivity index (χ0) is 26.3. The molecular formula is C28H35N5O3. The molecular weight excluding hydrogens is 454 g/mol. The number of aromatic hydroxyl groups is 1. The van der Waals surface area contributed by atoms with E-state index in [0.717, 1.165) is 39.1 Å². The van der Waals surface area contributed by atoms with Crippen molar-refractivity contribution in [3.63, 3.8) is 0 Å². The highest BCUT2D eigenvalue weighted by Gasteiger charge is 2.20. The predicted octanol–water partition coefficient (Wildman–Crippen LogP) is 5.08. The van der Waals surface area contributed by atoms with Crippen molar-refractivity contribution in [2.75, 3.05) is 18.4 Å². The van der Waals surface area contributed by atoms with E-state index in [0.29, 0.717) is 25.2 Å². The van der Waals surface area contributed by atoms with Crippen LogP contribution < -0.4 is 16.4 Å². The first-order valence-electron chi connectivity index (χ1n) is 12.0. The van der Waals surface area contributed by atoms with Crippen molar-refractivity contribution in [2.45, 2.75) is 46.3 Å². The Bertz CT molecular complexity index is 1220. The number of amides is 1. The number of nitrogens with two attached hydrogens (primary N) is 1. The number of nitrogens with one attached hydrogen (secondary N) is 3. The minimum Gasteiger partial charge on any atom is -0.508 e. The fourth-order valence-corrected chi connectivity index (χ4v) is 4.00. The van der Waals surface area contributed by atoms with E-state index >= 15 is 0 Å². The molecule has 36 heavy (non-hydrogen) atoms. The van der Waals surface area contributed by atoms with Crippen molar-refractivity contribution >= 4 is 18.0 Å². The maximum Gasteiger partial charge on any atom is 0.407 e. The molecule has 0 spiro atoms. The van der Waals surface area contributed by atoms with Crippen molar-refractivity contribution in [1.29, 1.82) is 5.41 Å². The van der Waals surface area contributed by atoms with E-state index in [1.807, 2.05) is 57.3 Å². The van der Waals surface area contributed by atoms with Gasteiger partial charge in [-0.3, -0.25) is 4.98 Å². The van der Waals surface area contributed by atoms with Crippen LogP contribution in [0, 0.1) is 5.41 Å². The second-order valence-electron chi connectivity index (χ2n) is 9.39. The minimum absolute atomic E-state index is 0.172. The van der Waals surface area contributed by atoms with Gasteiger partial charge in [0.1, 0.15) is 11.4 Å². The Kier molecular flexibility index (Phi) is 8.66. The molecule has 3 aromatic rings. The smallest absolute Gasteiger partial charge is 0.407 e. The lowest BCUT2D eigenvalue weighted by atomic mass is 9.89. The number of ether oxygens (including phenoxy) is 1. The average Bonchev–Trinajstić information content (AvgIpc) is 2.85. The Labute approximate surface area is 212 Å². The second kappa shape index (κ2) is 11.7. The van der Waals surface area contributed by atoms with E-state index in [-0.39, 0.29) is 12.3 Å². The number of alkyl carbamates (subject to hydrolysis) is 1. The quantitative estimate of drug-likeness (QED) is 0.266. The number of phenolic OH excluding ortho intramolecular Hbond substituents is 1. The van der Waals surface area contributed by atoms with E-state index < -0.39 is 11.7 Å². The molecule has 6 N–H and O–H groups in total. The minimum atomic E-state index is -0.604. The first kappa shape index (κ1) is 26.7. The molecule has 0 aliphatic heterocycles. The SMILES string of the molecule is CCc1c(-c2ccc(NCCN)c(C=N)c2)cnc(CNC(=O)OC(C)(C)C)c1-c1ccc(O)cc1. The van der Waals surface area contributed by atoms with Crippen molar-refractivity contribution < 1.29 is 14.6 Å². The van der Waals surface area contributed by atoms with Crippen LogP contribution in [0.2, 0.25) is 0 Å². The molecule has 190 valence electrons. The zero-order valence-electron chi connectivity index (χ0n) is 21.3. The summed E-state index contributed by atoms with van der Waals surface area (Å²) in [5, 5.41) is 23.8. The average molecular weight is 490 g/mol. The van der Waals surface area contributed by atoms with Crippen LogP contribution in [0.1, 0.15) is 44.5 Å². The fraction of sp³-hybridized carbons (Fsp3) is 0.321. The number of carbonyl (C=O) groups is 1. The molecule has 0 aliphatic rings. The third-order valence-corrected chi connectivity index (χ3v) is 5.55. The number of hydrogen-bond acceptors (Lipinski definition) is 7. The van der Waals surface area contributed by atoms with Gasteiger partial charge in [0.2, 0.25) is 0 Å². The summed E-state index contributed by atoms with van der Waals surface area (Å²) >= 11 is 0. The predicted molar refractivity (Wildman–Crippen MR) is 145 cm³/mol.